The maximum atomic E-state index is 13.2. The fourth-order valence-corrected chi connectivity index (χ4v) is 4.32. The summed E-state index contributed by atoms with van der Waals surface area (Å²) >= 11 is 0. The zero-order valence-corrected chi connectivity index (χ0v) is 17.6. The van der Waals surface area contributed by atoms with E-state index in [0.717, 1.165) is 64.3 Å². The molecule has 0 spiro atoms. The van der Waals surface area contributed by atoms with Crippen LogP contribution >= 0.6 is 0 Å². The van der Waals surface area contributed by atoms with Crippen LogP contribution in [0.1, 0.15) is 32.8 Å². The van der Waals surface area contributed by atoms with Gasteiger partial charge in [-0.25, -0.2) is 0 Å². The molecule has 0 radical (unpaired) electrons. The Kier molecular flexibility index (Phi) is 7.08. The number of likely N-dealkylation sites (N-methyl/N-ethyl adjacent to an activating group) is 1. The molecule has 154 valence electrons. The fourth-order valence-electron chi connectivity index (χ4n) is 4.32. The fraction of sp³-hybridized carbons (Fsp3) is 0.636. The molecule has 0 aromatic heterocycles. The van der Waals surface area contributed by atoms with E-state index in [1.165, 1.54) is 5.56 Å². The molecule has 1 saturated heterocycles. The van der Waals surface area contributed by atoms with Gasteiger partial charge in [0.2, 0.25) is 11.8 Å². The van der Waals surface area contributed by atoms with Crippen molar-refractivity contribution in [2.24, 2.45) is 0 Å². The molecule has 1 unspecified atom stereocenters. The summed E-state index contributed by atoms with van der Waals surface area (Å²) in [5.41, 5.74) is 2.35. The number of rotatable bonds is 6. The molecule has 2 aliphatic rings. The van der Waals surface area contributed by atoms with Gasteiger partial charge in [0, 0.05) is 51.5 Å². The summed E-state index contributed by atoms with van der Waals surface area (Å²) in [5, 5.41) is 0. The van der Waals surface area contributed by atoms with Gasteiger partial charge in [-0.3, -0.25) is 19.4 Å². The Morgan fingerprint density at radius 1 is 1.04 bits per heavy atom. The van der Waals surface area contributed by atoms with E-state index in [0.29, 0.717) is 6.54 Å². The standard InChI is InChI=1S/C22H34N4O2/c1-4-24(5-2)21(27)17-23-13-15-25(16-14-23)18(3)22(28)26-12-8-10-19-9-6-7-11-20(19)26/h6-7,9,11,18H,4-5,8,10,12-17H2,1-3H3. The van der Waals surface area contributed by atoms with Crippen LogP contribution in [-0.2, 0) is 16.0 Å². The number of carbonyl (C=O) groups is 2. The van der Waals surface area contributed by atoms with E-state index in [2.05, 4.69) is 28.0 Å². The van der Waals surface area contributed by atoms with Gasteiger partial charge in [-0.1, -0.05) is 18.2 Å². The topological polar surface area (TPSA) is 47.1 Å². The number of benzene rings is 1. The number of piperazine rings is 1. The van der Waals surface area contributed by atoms with Crippen LogP contribution in [0.15, 0.2) is 24.3 Å². The van der Waals surface area contributed by atoms with Crippen molar-refractivity contribution in [3.05, 3.63) is 29.8 Å². The quantitative estimate of drug-likeness (QED) is 0.749. The Morgan fingerprint density at radius 2 is 1.71 bits per heavy atom. The molecule has 0 N–H and O–H groups in total. The molecule has 28 heavy (non-hydrogen) atoms. The van der Waals surface area contributed by atoms with Gasteiger partial charge in [-0.2, -0.15) is 0 Å². The van der Waals surface area contributed by atoms with Crippen LogP contribution < -0.4 is 4.90 Å². The normalized spacial score (nSPS) is 19.2. The maximum Gasteiger partial charge on any atom is 0.244 e. The van der Waals surface area contributed by atoms with Crippen molar-refractivity contribution in [2.75, 3.05) is 57.3 Å². The molecule has 1 atom stereocenters. The maximum absolute atomic E-state index is 13.2. The number of nitrogens with zero attached hydrogens (tertiary/aromatic N) is 4. The van der Waals surface area contributed by atoms with Crippen molar-refractivity contribution in [2.45, 2.75) is 39.7 Å². The minimum absolute atomic E-state index is 0.133. The highest BCUT2D eigenvalue weighted by Gasteiger charge is 2.31. The van der Waals surface area contributed by atoms with E-state index in [9.17, 15) is 9.59 Å². The summed E-state index contributed by atoms with van der Waals surface area (Å²) in [6, 6.07) is 8.13. The van der Waals surface area contributed by atoms with E-state index >= 15 is 0 Å². The molecule has 2 amide bonds. The van der Waals surface area contributed by atoms with Crippen LogP contribution in [-0.4, -0.2) is 84.9 Å². The highest BCUT2D eigenvalue weighted by atomic mass is 16.2. The summed E-state index contributed by atoms with van der Waals surface area (Å²) in [6.07, 6.45) is 2.07. The van der Waals surface area contributed by atoms with Crippen LogP contribution in [0.2, 0.25) is 0 Å². The molecule has 0 aliphatic carbocycles. The third-order valence-electron chi connectivity index (χ3n) is 6.16. The Hall–Kier alpha value is -1.92. The number of para-hydroxylation sites is 1. The molecule has 2 aliphatic heterocycles. The Labute approximate surface area is 169 Å². The van der Waals surface area contributed by atoms with E-state index in [1.54, 1.807) is 0 Å². The molecule has 1 aromatic carbocycles. The van der Waals surface area contributed by atoms with E-state index < -0.39 is 0 Å². The van der Waals surface area contributed by atoms with Crippen molar-refractivity contribution >= 4 is 17.5 Å². The molecular weight excluding hydrogens is 352 g/mol. The lowest BCUT2D eigenvalue weighted by molar-refractivity contribution is -0.133. The average Bonchev–Trinajstić information content (AvgIpc) is 2.73. The molecule has 6 nitrogen and oxygen atoms in total. The number of hydrogen-bond donors (Lipinski definition) is 0. The largest absolute Gasteiger partial charge is 0.342 e. The monoisotopic (exact) mass is 386 g/mol. The third kappa shape index (κ3) is 4.55. The number of amides is 2. The van der Waals surface area contributed by atoms with Crippen LogP contribution in [0.25, 0.3) is 0 Å². The van der Waals surface area contributed by atoms with Gasteiger partial charge >= 0.3 is 0 Å². The summed E-state index contributed by atoms with van der Waals surface area (Å²) < 4.78 is 0. The molecule has 0 saturated carbocycles. The van der Waals surface area contributed by atoms with E-state index in [-0.39, 0.29) is 17.9 Å². The van der Waals surface area contributed by atoms with E-state index in [1.807, 2.05) is 36.6 Å². The first-order valence-electron chi connectivity index (χ1n) is 10.7. The average molecular weight is 387 g/mol. The van der Waals surface area contributed by atoms with Crippen molar-refractivity contribution in [3.63, 3.8) is 0 Å². The number of hydrogen-bond acceptors (Lipinski definition) is 4. The third-order valence-corrected chi connectivity index (χ3v) is 6.16. The zero-order chi connectivity index (χ0) is 20.1. The molecule has 2 heterocycles. The molecule has 6 heteroatoms. The number of fused-ring (bicyclic) bond motifs is 1. The lowest BCUT2D eigenvalue weighted by atomic mass is 10.0. The van der Waals surface area contributed by atoms with Crippen LogP contribution in [0, 0.1) is 0 Å². The summed E-state index contributed by atoms with van der Waals surface area (Å²) in [4.78, 5) is 33.9. The summed E-state index contributed by atoms with van der Waals surface area (Å²) in [7, 11) is 0. The lowest BCUT2D eigenvalue weighted by Crippen LogP contribution is -2.56. The van der Waals surface area contributed by atoms with Crippen LogP contribution in [0.5, 0.6) is 0 Å². The predicted molar refractivity (Wildman–Crippen MR) is 113 cm³/mol. The first-order chi connectivity index (χ1) is 13.5. The highest BCUT2D eigenvalue weighted by Crippen LogP contribution is 2.27. The number of carbonyl (C=O) groups excluding carboxylic acids is 2. The SMILES string of the molecule is CCN(CC)C(=O)CN1CCN(C(C)C(=O)N2CCCc3ccccc32)CC1. The second-order valence-electron chi connectivity index (χ2n) is 7.78. The molecule has 3 rings (SSSR count). The molecule has 0 bridgehead atoms. The zero-order valence-electron chi connectivity index (χ0n) is 17.6. The smallest absolute Gasteiger partial charge is 0.244 e. The molecular formula is C22H34N4O2. The Balaban J connectivity index is 1.55. The predicted octanol–water partition coefficient (Wildman–Crippen LogP) is 1.84. The minimum atomic E-state index is -0.133. The second kappa shape index (κ2) is 9.52. The van der Waals surface area contributed by atoms with Gasteiger partial charge in [-0.05, 0) is 45.2 Å². The van der Waals surface area contributed by atoms with Crippen molar-refractivity contribution in [1.82, 2.24) is 14.7 Å². The van der Waals surface area contributed by atoms with Crippen molar-refractivity contribution in [3.8, 4) is 0 Å². The highest BCUT2D eigenvalue weighted by molar-refractivity contribution is 5.98. The first-order valence-corrected chi connectivity index (χ1v) is 10.7. The Morgan fingerprint density at radius 3 is 2.39 bits per heavy atom. The molecule has 1 aromatic rings. The molecule has 1 fully saturated rings. The van der Waals surface area contributed by atoms with Crippen molar-refractivity contribution < 1.29 is 9.59 Å². The summed E-state index contributed by atoms with van der Waals surface area (Å²) in [6.45, 7) is 12.2. The first kappa shape index (κ1) is 20.8. The van der Waals surface area contributed by atoms with Gasteiger partial charge < -0.3 is 9.80 Å². The summed E-state index contributed by atoms with van der Waals surface area (Å²) in [5.74, 6) is 0.396. The number of anilines is 1. The number of aryl methyl sites for hydroxylation is 1. The van der Waals surface area contributed by atoms with Gasteiger partial charge in [-0.15, -0.1) is 0 Å². The van der Waals surface area contributed by atoms with Gasteiger partial charge in [0.25, 0.3) is 0 Å². The van der Waals surface area contributed by atoms with Crippen LogP contribution in [0.3, 0.4) is 0 Å². The van der Waals surface area contributed by atoms with E-state index in [4.69, 9.17) is 0 Å². The lowest BCUT2D eigenvalue weighted by Gasteiger charge is -2.40. The Bertz CT molecular complexity index is 681. The minimum Gasteiger partial charge on any atom is -0.342 e. The van der Waals surface area contributed by atoms with Gasteiger partial charge in [0.05, 0.1) is 12.6 Å². The van der Waals surface area contributed by atoms with Gasteiger partial charge in [0.15, 0.2) is 0 Å². The van der Waals surface area contributed by atoms with Crippen LogP contribution in [0.4, 0.5) is 5.69 Å². The second-order valence-corrected chi connectivity index (χ2v) is 7.78. The van der Waals surface area contributed by atoms with Crippen molar-refractivity contribution in [1.29, 1.82) is 0 Å². The van der Waals surface area contributed by atoms with Gasteiger partial charge in [0.1, 0.15) is 0 Å².